The van der Waals surface area contributed by atoms with E-state index in [0.29, 0.717) is 5.57 Å². The van der Waals surface area contributed by atoms with Gasteiger partial charge < -0.3 is 9.84 Å². The van der Waals surface area contributed by atoms with E-state index in [1.807, 2.05) is 0 Å². The molecule has 3 aliphatic rings. The average Bonchev–Trinajstić information content (AvgIpc) is 3.20. The van der Waals surface area contributed by atoms with Gasteiger partial charge in [0.1, 0.15) is 0 Å². The van der Waals surface area contributed by atoms with Crippen molar-refractivity contribution in [3.63, 3.8) is 0 Å². The van der Waals surface area contributed by atoms with Crippen molar-refractivity contribution in [3.8, 4) is 0 Å². The minimum absolute atomic E-state index is 0.347. The Morgan fingerprint density at radius 3 is 2.27 bits per heavy atom. The molecular weight excluding hydrogens is 280 g/mol. The van der Waals surface area contributed by atoms with E-state index in [0.717, 1.165) is 29.7 Å². The van der Waals surface area contributed by atoms with Crippen LogP contribution in [0, 0.1) is 23.7 Å². The second-order valence-electron chi connectivity index (χ2n) is 5.67. The van der Waals surface area contributed by atoms with Crippen molar-refractivity contribution in [2.24, 2.45) is 23.7 Å². The third-order valence-corrected chi connectivity index (χ3v) is 4.16. The molecule has 4 nitrogen and oxygen atoms in total. The van der Waals surface area contributed by atoms with Gasteiger partial charge in [0.25, 0.3) is 0 Å². The lowest BCUT2D eigenvalue weighted by molar-refractivity contribution is -0.136. The summed E-state index contributed by atoms with van der Waals surface area (Å²) in [6.07, 6.45) is 13.3. The summed E-state index contributed by atoms with van der Waals surface area (Å²) in [4.78, 5) is 19.4. The lowest BCUT2D eigenvalue weighted by Crippen LogP contribution is -2.12. The van der Waals surface area contributed by atoms with Crippen molar-refractivity contribution in [3.05, 3.63) is 49.1 Å². The van der Waals surface area contributed by atoms with Crippen LogP contribution in [0.4, 0.5) is 0 Å². The molecule has 0 spiro atoms. The molecule has 4 atom stereocenters. The largest absolute Gasteiger partial charge is 0.478 e. The summed E-state index contributed by atoms with van der Waals surface area (Å²) in [7, 11) is 1.33. The Labute approximate surface area is 131 Å². The fourth-order valence-electron chi connectivity index (χ4n) is 3.15. The average molecular weight is 304 g/mol. The number of allylic oxidation sites excluding steroid dienone is 4. The number of carbonyl (C=O) groups is 2. The molecule has 4 heteroatoms. The number of carbonyl (C=O) groups excluding carboxylic acids is 1. The first kappa shape index (κ1) is 18.0. The van der Waals surface area contributed by atoms with Gasteiger partial charge in [0.05, 0.1) is 7.11 Å². The predicted molar refractivity (Wildman–Crippen MR) is 86.1 cm³/mol. The van der Waals surface area contributed by atoms with Crippen LogP contribution in [0.25, 0.3) is 0 Å². The van der Waals surface area contributed by atoms with E-state index < -0.39 is 5.97 Å². The summed E-state index contributed by atoms with van der Waals surface area (Å²) < 4.78 is 4.27. The highest BCUT2D eigenvalue weighted by atomic mass is 16.5. The van der Waals surface area contributed by atoms with Crippen molar-refractivity contribution in [2.45, 2.75) is 19.8 Å². The summed E-state index contributed by atoms with van der Waals surface area (Å²) in [5.41, 5.74) is 0.433. The smallest absolute Gasteiger partial charge is 0.332 e. The fraction of sp³-hybridized carbons (Fsp3) is 0.444. The molecule has 4 unspecified atom stereocenters. The van der Waals surface area contributed by atoms with Gasteiger partial charge >= 0.3 is 11.9 Å². The maximum atomic E-state index is 10.2. The van der Waals surface area contributed by atoms with Crippen LogP contribution >= 0.6 is 0 Å². The molecule has 0 aromatic rings. The van der Waals surface area contributed by atoms with Crippen LogP contribution in [0.5, 0.6) is 0 Å². The van der Waals surface area contributed by atoms with Gasteiger partial charge in [-0.25, -0.2) is 9.59 Å². The quantitative estimate of drug-likeness (QED) is 0.482. The summed E-state index contributed by atoms with van der Waals surface area (Å²) in [6.45, 7) is 7.92. The highest BCUT2D eigenvalue weighted by Gasteiger charge is 2.44. The first-order valence-corrected chi connectivity index (χ1v) is 7.34. The highest BCUT2D eigenvalue weighted by Crippen LogP contribution is 2.52. The van der Waals surface area contributed by atoms with Gasteiger partial charge in [-0.05, 0) is 43.4 Å². The zero-order chi connectivity index (χ0) is 16.7. The number of hydrogen-bond donors (Lipinski definition) is 1. The minimum Gasteiger partial charge on any atom is -0.478 e. The molecule has 1 fully saturated rings. The van der Waals surface area contributed by atoms with Crippen LogP contribution < -0.4 is 0 Å². The molecule has 3 aliphatic carbocycles. The number of hydrogen-bond acceptors (Lipinski definition) is 3. The Kier molecular flexibility index (Phi) is 6.83. The molecule has 22 heavy (non-hydrogen) atoms. The van der Waals surface area contributed by atoms with Crippen molar-refractivity contribution in [1.82, 2.24) is 0 Å². The number of fused-ring (bicyclic) bond motifs is 5. The Morgan fingerprint density at radius 2 is 1.86 bits per heavy atom. The third kappa shape index (κ3) is 4.72. The summed E-state index contributed by atoms with van der Waals surface area (Å²) in [6, 6.07) is 0. The van der Waals surface area contributed by atoms with E-state index in [9.17, 15) is 9.59 Å². The van der Waals surface area contributed by atoms with Crippen LogP contribution in [0.2, 0.25) is 0 Å². The van der Waals surface area contributed by atoms with Gasteiger partial charge in [-0.2, -0.15) is 0 Å². The van der Waals surface area contributed by atoms with Crippen LogP contribution in [-0.2, 0) is 14.3 Å². The fourth-order valence-corrected chi connectivity index (χ4v) is 3.15. The molecule has 3 rings (SSSR count). The Morgan fingerprint density at radius 1 is 1.27 bits per heavy atom. The molecule has 0 heterocycles. The van der Waals surface area contributed by atoms with Gasteiger partial charge in [-0.3, -0.25) is 0 Å². The monoisotopic (exact) mass is 304 g/mol. The van der Waals surface area contributed by atoms with Crippen LogP contribution in [0.3, 0.4) is 0 Å². The number of ether oxygens (including phenoxy) is 1. The SMILES string of the molecule is C1=CC2C3C=CC(C3)C2C1.C=C(C)C(=O)OC.C=CC(=O)O. The maximum Gasteiger partial charge on any atom is 0.332 e. The third-order valence-electron chi connectivity index (χ3n) is 4.16. The zero-order valence-electron chi connectivity index (χ0n) is 13.2. The number of aliphatic carboxylic acids is 1. The number of carboxylic acid groups (broad SMARTS) is 1. The highest BCUT2D eigenvalue weighted by molar-refractivity contribution is 5.86. The molecule has 0 aromatic carbocycles. The zero-order valence-corrected chi connectivity index (χ0v) is 13.2. The lowest BCUT2D eigenvalue weighted by atomic mass is 9.86. The number of methoxy groups -OCH3 is 1. The molecule has 120 valence electrons. The van der Waals surface area contributed by atoms with Crippen LogP contribution in [0.1, 0.15) is 19.8 Å². The topological polar surface area (TPSA) is 63.6 Å². The van der Waals surface area contributed by atoms with Crippen molar-refractivity contribution >= 4 is 11.9 Å². The lowest BCUT2D eigenvalue weighted by Gasteiger charge is -2.18. The predicted octanol–water partition coefficient (Wildman–Crippen LogP) is 3.38. The standard InChI is InChI=1S/C10H12.C5H8O2.C3H4O2/c1-2-9-7-4-5-8(6-7)10(9)3-1;1-4(2)5(6)7-3;1-2-3(4)5/h1-2,4-5,7-10H,3,6H2;1H2,2-3H3;2H,1H2,(H,4,5). The second kappa shape index (κ2) is 8.37. The minimum atomic E-state index is -0.981. The van der Waals surface area contributed by atoms with Gasteiger partial charge in [-0.15, -0.1) is 0 Å². The van der Waals surface area contributed by atoms with Gasteiger partial charge in [-0.1, -0.05) is 37.5 Å². The summed E-state index contributed by atoms with van der Waals surface area (Å²) >= 11 is 0. The molecular formula is C18H24O4. The molecule has 0 amide bonds. The van der Waals surface area contributed by atoms with Crippen LogP contribution in [-0.4, -0.2) is 24.2 Å². The van der Waals surface area contributed by atoms with E-state index in [4.69, 9.17) is 5.11 Å². The maximum absolute atomic E-state index is 10.2. The Hall–Kier alpha value is -2.10. The molecule has 0 aromatic heterocycles. The van der Waals surface area contributed by atoms with Gasteiger partial charge in [0, 0.05) is 11.6 Å². The number of esters is 1. The van der Waals surface area contributed by atoms with Gasteiger partial charge in [0.15, 0.2) is 0 Å². The van der Waals surface area contributed by atoms with E-state index in [1.165, 1.54) is 20.0 Å². The summed E-state index contributed by atoms with van der Waals surface area (Å²) in [5, 5.41) is 7.60. The Balaban J connectivity index is 0.000000180. The summed E-state index contributed by atoms with van der Waals surface area (Å²) in [5.74, 6) is 2.49. The molecule has 0 radical (unpaired) electrons. The number of rotatable bonds is 2. The normalized spacial score (nSPS) is 28.6. The molecule has 1 N–H and O–H groups in total. The number of carboxylic acids is 1. The molecule has 0 aliphatic heterocycles. The van der Waals surface area contributed by atoms with Crippen molar-refractivity contribution in [2.75, 3.05) is 7.11 Å². The first-order valence-electron chi connectivity index (χ1n) is 7.34. The van der Waals surface area contributed by atoms with E-state index in [2.05, 4.69) is 42.2 Å². The van der Waals surface area contributed by atoms with Gasteiger partial charge in [0.2, 0.25) is 0 Å². The van der Waals surface area contributed by atoms with E-state index in [1.54, 1.807) is 6.92 Å². The molecule has 1 saturated carbocycles. The second-order valence-corrected chi connectivity index (χ2v) is 5.67. The van der Waals surface area contributed by atoms with Crippen LogP contribution in [0.15, 0.2) is 49.1 Å². The molecule has 2 bridgehead atoms. The van der Waals surface area contributed by atoms with Crippen molar-refractivity contribution < 1.29 is 19.4 Å². The molecule has 0 saturated heterocycles. The first-order chi connectivity index (χ1) is 10.4. The Bertz CT molecular complexity index is 501. The van der Waals surface area contributed by atoms with Crippen molar-refractivity contribution in [1.29, 1.82) is 0 Å². The van der Waals surface area contributed by atoms with E-state index >= 15 is 0 Å². The van der Waals surface area contributed by atoms with E-state index in [-0.39, 0.29) is 5.97 Å².